The van der Waals surface area contributed by atoms with Crippen LogP contribution in [0.2, 0.25) is 5.02 Å². The first-order valence-electron chi connectivity index (χ1n) is 29.8. The summed E-state index contributed by atoms with van der Waals surface area (Å²) in [5.41, 5.74) is 10.9. The Hall–Kier alpha value is -6.46. The van der Waals surface area contributed by atoms with E-state index in [0.29, 0.717) is 48.6 Å². The molecule has 0 unspecified atom stereocenters. The maximum Gasteiger partial charge on any atom is 0.309 e. The number of nitrogens with one attached hydrogen (secondary N) is 1. The molecule has 3 aromatic carbocycles. The summed E-state index contributed by atoms with van der Waals surface area (Å²) in [6, 6.07) is 25.0. The number of aryl methyl sites for hydroxylation is 1. The Morgan fingerprint density at radius 2 is 1.56 bits per heavy atom. The lowest BCUT2D eigenvalue weighted by atomic mass is 9.83. The van der Waals surface area contributed by atoms with Crippen LogP contribution >= 0.6 is 11.6 Å². The maximum atomic E-state index is 14.6. The third kappa shape index (κ3) is 17.6. The number of ether oxygens (including phenoxy) is 4. The Morgan fingerprint density at radius 3 is 2.17 bits per heavy atom. The number of fused-ring (bicyclic) bond motifs is 1. The van der Waals surface area contributed by atoms with Gasteiger partial charge in [-0.15, -0.1) is 0 Å². The molecule has 0 bridgehead atoms. The largest absolute Gasteiger partial charge is 0.489 e. The van der Waals surface area contributed by atoms with Crippen molar-refractivity contribution in [2.45, 2.75) is 169 Å². The van der Waals surface area contributed by atoms with Gasteiger partial charge in [0.2, 0.25) is 11.8 Å². The van der Waals surface area contributed by atoms with Gasteiger partial charge in [0.1, 0.15) is 17.2 Å². The number of pyridine rings is 1. The molecule has 5 aromatic rings. The van der Waals surface area contributed by atoms with E-state index < -0.39 is 59.6 Å². The van der Waals surface area contributed by atoms with E-state index in [4.69, 9.17) is 41.3 Å². The van der Waals surface area contributed by atoms with E-state index in [0.717, 1.165) is 33.6 Å². The number of nitrogens with two attached hydrogens (primary N) is 1. The fourth-order valence-corrected chi connectivity index (χ4v) is 11.8. The Labute approximate surface area is 502 Å². The quantitative estimate of drug-likeness (QED) is 0.0398. The van der Waals surface area contributed by atoms with Crippen molar-refractivity contribution < 1.29 is 47.7 Å². The molecular formula is C67H91ClN6O10. The smallest absolute Gasteiger partial charge is 0.309 e. The lowest BCUT2D eigenvalue weighted by Gasteiger charge is -2.41. The number of imidazole rings is 1. The van der Waals surface area contributed by atoms with Crippen molar-refractivity contribution >= 4 is 52.5 Å². The first kappa shape index (κ1) is 66.7. The van der Waals surface area contributed by atoms with E-state index in [9.17, 15) is 28.8 Å². The molecule has 1 saturated heterocycles. The summed E-state index contributed by atoms with van der Waals surface area (Å²) in [4.78, 5) is 93.3. The zero-order valence-corrected chi connectivity index (χ0v) is 52.4. The van der Waals surface area contributed by atoms with Gasteiger partial charge < -0.3 is 44.2 Å². The summed E-state index contributed by atoms with van der Waals surface area (Å²) in [5.74, 6) is -3.63. The van der Waals surface area contributed by atoms with E-state index in [2.05, 4.69) is 5.32 Å². The van der Waals surface area contributed by atoms with E-state index in [1.807, 2.05) is 132 Å². The summed E-state index contributed by atoms with van der Waals surface area (Å²) in [6.45, 7) is 19.2. The van der Waals surface area contributed by atoms with Crippen LogP contribution in [0.1, 0.15) is 134 Å². The predicted octanol–water partition coefficient (Wildman–Crippen LogP) is 10.7. The molecule has 1 fully saturated rings. The van der Waals surface area contributed by atoms with Gasteiger partial charge >= 0.3 is 5.97 Å². The zero-order valence-electron chi connectivity index (χ0n) is 51.7. The van der Waals surface area contributed by atoms with Crippen molar-refractivity contribution in [3.8, 4) is 17.0 Å². The van der Waals surface area contributed by atoms with Crippen molar-refractivity contribution in [1.29, 1.82) is 0 Å². The van der Waals surface area contributed by atoms with E-state index in [-0.39, 0.29) is 85.9 Å². The molecule has 0 spiro atoms. The molecule has 84 heavy (non-hydrogen) atoms. The predicted molar refractivity (Wildman–Crippen MR) is 329 cm³/mol. The van der Waals surface area contributed by atoms with Crippen LogP contribution in [0.3, 0.4) is 0 Å². The number of methoxy groups -OCH3 is 2. The summed E-state index contributed by atoms with van der Waals surface area (Å²) < 4.78 is 26.1. The number of rotatable bonds is 31. The van der Waals surface area contributed by atoms with Gasteiger partial charge in [-0.3, -0.25) is 28.8 Å². The molecule has 6 rings (SSSR count). The number of benzene rings is 3. The SMILES string of the molecule is CC[C@H](C)[C@@H]([C@@H](CC(=O)N1CCC[C@H]1[C@H](OC)[C@@H](C)C(=O)C[C@@H](Cc1ccccc1)C(=O)OCC[C@H](Cc1ccc(-c2cn3cccc(C)c3n2)cc1)NC(=O)c1ccc(OC(C)C)c(Cl)c1)OC)N(C)C(=O)[C@@H](CC(=O)C(C)(C)N)C(C)C. The molecule has 3 heterocycles. The molecule has 3 N–H and O–H groups in total. The lowest BCUT2D eigenvalue weighted by Crippen LogP contribution is -2.54. The number of likely N-dealkylation sites (tertiary alicyclic amines) is 1. The Morgan fingerprint density at radius 1 is 0.869 bits per heavy atom. The first-order chi connectivity index (χ1) is 39.8. The van der Waals surface area contributed by atoms with Crippen molar-refractivity contribution in [1.82, 2.24) is 24.5 Å². The van der Waals surface area contributed by atoms with Crippen LogP contribution in [0.25, 0.3) is 16.9 Å². The molecular weight excluding hydrogens is 1080 g/mol. The molecule has 3 amide bonds. The second kappa shape index (κ2) is 30.6. The van der Waals surface area contributed by atoms with Crippen LogP contribution in [0.15, 0.2) is 97.3 Å². The highest BCUT2D eigenvalue weighted by atomic mass is 35.5. The zero-order chi connectivity index (χ0) is 61.6. The molecule has 2 aromatic heterocycles. The van der Waals surface area contributed by atoms with Gasteiger partial charge in [0.15, 0.2) is 5.78 Å². The Balaban J connectivity index is 1.16. The topological polar surface area (TPSA) is 201 Å². The summed E-state index contributed by atoms with van der Waals surface area (Å²) in [7, 11) is 4.82. The Kier molecular flexibility index (Phi) is 24.3. The third-order valence-electron chi connectivity index (χ3n) is 16.7. The van der Waals surface area contributed by atoms with Crippen LogP contribution in [-0.2, 0) is 51.0 Å². The number of carbonyl (C=O) groups excluding carboxylic acids is 6. The summed E-state index contributed by atoms with van der Waals surface area (Å²) in [5, 5.41) is 3.47. The van der Waals surface area contributed by atoms with Crippen LogP contribution < -0.4 is 15.8 Å². The molecule has 456 valence electrons. The number of hydrogen-bond acceptors (Lipinski definition) is 12. The maximum absolute atomic E-state index is 14.6. The summed E-state index contributed by atoms with van der Waals surface area (Å²) >= 11 is 6.58. The normalized spacial score (nSPS) is 16.6. The third-order valence-corrected chi connectivity index (χ3v) is 17.0. The molecule has 17 heteroatoms. The Bertz CT molecular complexity index is 3010. The molecule has 16 nitrogen and oxygen atoms in total. The summed E-state index contributed by atoms with van der Waals surface area (Å²) in [6.07, 6.45) is 5.21. The number of halogens is 1. The standard InChI is InChI=1S/C67H91ClN6O10/c1-14-43(6)61(72(11)65(79)52(41(2)3)38-59(76)67(9,10)69)58(81-12)39-60(77)74-32-19-23-55(74)62(82-13)45(8)56(75)37-50(34-46-21-16-15-17-22-46)66(80)83-33-30-51(70-64(78)49-28-29-57(53(68)36-49)84-42(4)5)35-47-24-26-48(27-25-47)54-40-73-31-18-20-44(7)63(73)71-54/h15-18,20-22,24-29,31,36,40-43,45,50-52,55,58,61-62H,14,19,23,30,32-35,37-39,69H2,1-13H3,(H,70,78)/t43-,45-,50+,51+,52-,55-,58+,61-,62+/m0/s1. The number of hydrogen-bond donors (Lipinski definition) is 2. The number of nitrogens with zero attached hydrogens (tertiary/aromatic N) is 4. The monoisotopic (exact) mass is 1170 g/mol. The average molecular weight is 1180 g/mol. The number of amides is 3. The van der Waals surface area contributed by atoms with Crippen LogP contribution in [0.4, 0.5) is 0 Å². The van der Waals surface area contributed by atoms with Gasteiger partial charge in [0.25, 0.3) is 5.91 Å². The number of likely N-dealkylation sites (N-methyl/N-ethyl adjacent to an activating group) is 1. The van der Waals surface area contributed by atoms with Gasteiger partial charge in [-0.25, -0.2) is 4.98 Å². The van der Waals surface area contributed by atoms with E-state index in [1.165, 1.54) is 0 Å². The van der Waals surface area contributed by atoms with Crippen molar-refractivity contribution in [3.05, 3.63) is 125 Å². The molecule has 1 aliphatic rings. The van der Waals surface area contributed by atoms with Crippen LogP contribution in [-0.4, -0.2) is 131 Å². The minimum Gasteiger partial charge on any atom is -0.489 e. The first-order valence-corrected chi connectivity index (χ1v) is 30.2. The van der Waals surface area contributed by atoms with Crippen molar-refractivity contribution in [2.75, 3.05) is 34.4 Å². The minimum absolute atomic E-state index is 0.000745. The van der Waals surface area contributed by atoms with E-state index >= 15 is 0 Å². The van der Waals surface area contributed by atoms with Gasteiger partial charge in [-0.05, 0) is 113 Å². The molecule has 0 radical (unpaired) electrons. The lowest BCUT2D eigenvalue weighted by molar-refractivity contribution is -0.151. The van der Waals surface area contributed by atoms with E-state index in [1.54, 1.807) is 70.0 Å². The molecule has 0 aliphatic carbocycles. The fourth-order valence-electron chi connectivity index (χ4n) is 11.5. The van der Waals surface area contributed by atoms with Gasteiger partial charge in [0, 0.05) is 88.5 Å². The fraction of sp³-hybridized carbons (Fsp3) is 0.537. The number of aromatic nitrogens is 2. The highest BCUT2D eigenvalue weighted by molar-refractivity contribution is 6.32. The van der Waals surface area contributed by atoms with Crippen molar-refractivity contribution in [3.63, 3.8) is 0 Å². The van der Waals surface area contributed by atoms with Crippen LogP contribution in [0.5, 0.6) is 5.75 Å². The van der Waals surface area contributed by atoms with Crippen molar-refractivity contribution in [2.24, 2.45) is 35.3 Å². The average Bonchev–Trinajstić information content (AvgIpc) is 4.35. The van der Waals surface area contributed by atoms with Gasteiger partial charge in [0.05, 0.1) is 65.6 Å². The minimum atomic E-state index is -1.09. The molecule has 1 aliphatic heterocycles. The van der Waals surface area contributed by atoms with Gasteiger partial charge in [-0.2, -0.15) is 0 Å². The number of carbonyl (C=O) groups is 6. The highest BCUT2D eigenvalue weighted by Crippen LogP contribution is 2.33. The highest BCUT2D eigenvalue weighted by Gasteiger charge is 2.44. The van der Waals surface area contributed by atoms with Crippen LogP contribution in [0, 0.1) is 36.5 Å². The number of ketones is 2. The van der Waals surface area contributed by atoms with Gasteiger partial charge in [-0.1, -0.05) is 113 Å². The number of esters is 1. The second-order valence-electron chi connectivity index (χ2n) is 24.2. The molecule has 0 saturated carbocycles. The molecule has 9 atom stereocenters. The number of Topliss-reactive ketones (excluding diaryl/α,β-unsaturated/α-hetero) is 2. The second-order valence-corrected chi connectivity index (χ2v) is 24.6.